The molecule has 0 unspecified atom stereocenters. The average molecular weight is 443 g/mol. The van der Waals surface area contributed by atoms with Crippen molar-refractivity contribution in [2.45, 2.75) is 13.0 Å². The molecule has 0 aliphatic carbocycles. The molecule has 23 heavy (non-hydrogen) atoms. The van der Waals surface area contributed by atoms with Crippen molar-refractivity contribution in [3.8, 4) is 0 Å². The number of nitrogens with one attached hydrogen (secondary N) is 1. The van der Waals surface area contributed by atoms with Crippen LogP contribution in [-0.4, -0.2) is 35.5 Å². The van der Waals surface area contributed by atoms with Crippen molar-refractivity contribution in [2.24, 2.45) is 0 Å². The van der Waals surface area contributed by atoms with E-state index >= 15 is 0 Å². The Kier molecular flexibility index (Phi) is 4.81. The van der Waals surface area contributed by atoms with Gasteiger partial charge in [0.15, 0.2) is 5.13 Å². The van der Waals surface area contributed by atoms with E-state index in [1.54, 1.807) is 0 Å². The predicted molar refractivity (Wildman–Crippen MR) is 95.7 cm³/mol. The fourth-order valence-electron chi connectivity index (χ4n) is 2.37. The number of amides is 2. The van der Waals surface area contributed by atoms with Gasteiger partial charge < -0.3 is 9.64 Å². The number of halogens is 1. The molecular weight excluding hydrogens is 429 g/mol. The Balaban J connectivity index is 1.76. The SMILES string of the molecule is COC(=O)Nc1nc2c(s1)CN(C(=O)c1ccccc1I)CC2. The first-order valence-electron chi connectivity index (χ1n) is 6.96. The minimum absolute atomic E-state index is 0.0246. The van der Waals surface area contributed by atoms with Crippen LogP contribution >= 0.6 is 33.9 Å². The summed E-state index contributed by atoms with van der Waals surface area (Å²) in [5.74, 6) is 0.0246. The smallest absolute Gasteiger partial charge is 0.413 e. The Morgan fingerprint density at radius 1 is 1.39 bits per heavy atom. The summed E-state index contributed by atoms with van der Waals surface area (Å²) in [5, 5.41) is 3.08. The highest BCUT2D eigenvalue weighted by atomic mass is 127. The standard InChI is InChI=1S/C15H14IN3O3S/c1-22-15(21)18-14-17-11-6-7-19(8-12(11)23-14)13(20)9-4-2-3-5-10(9)16/h2-5H,6-8H2,1H3,(H,17,18,21). The fourth-order valence-corrected chi connectivity index (χ4v) is 3.99. The lowest BCUT2D eigenvalue weighted by atomic mass is 10.1. The predicted octanol–water partition coefficient (Wildman–Crippen LogP) is 3.12. The lowest BCUT2D eigenvalue weighted by molar-refractivity contribution is 0.0735. The van der Waals surface area contributed by atoms with Crippen LogP contribution in [0, 0.1) is 3.57 Å². The van der Waals surface area contributed by atoms with Gasteiger partial charge >= 0.3 is 6.09 Å². The molecule has 0 spiro atoms. The first-order valence-corrected chi connectivity index (χ1v) is 8.85. The van der Waals surface area contributed by atoms with Crippen molar-refractivity contribution in [1.82, 2.24) is 9.88 Å². The summed E-state index contributed by atoms with van der Waals surface area (Å²) in [6, 6.07) is 7.56. The summed E-state index contributed by atoms with van der Waals surface area (Å²) in [5.41, 5.74) is 1.65. The molecule has 1 N–H and O–H groups in total. The first-order chi connectivity index (χ1) is 11.1. The molecule has 1 aliphatic heterocycles. The maximum atomic E-state index is 12.7. The van der Waals surface area contributed by atoms with Crippen molar-refractivity contribution in [3.63, 3.8) is 0 Å². The zero-order valence-electron chi connectivity index (χ0n) is 12.3. The van der Waals surface area contributed by atoms with Gasteiger partial charge in [0.2, 0.25) is 0 Å². The Morgan fingerprint density at radius 2 is 2.17 bits per heavy atom. The molecule has 0 radical (unpaired) electrons. The number of anilines is 1. The fraction of sp³-hybridized carbons (Fsp3) is 0.267. The van der Waals surface area contributed by atoms with Crippen LogP contribution in [0.25, 0.3) is 0 Å². The van der Waals surface area contributed by atoms with E-state index in [2.05, 4.69) is 37.6 Å². The van der Waals surface area contributed by atoms with E-state index in [0.717, 1.165) is 14.1 Å². The molecule has 0 bridgehead atoms. The third kappa shape index (κ3) is 3.47. The Labute approximate surface area is 151 Å². The second-order valence-corrected chi connectivity index (χ2v) is 7.21. The number of aromatic nitrogens is 1. The van der Waals surface area contributed by atoms with Crippen molar-refractivity contribution in [3.05, 3.63) is 44.0 Å². The molecule has 6 nitrogen and oxygen atoms in total. The van der Waals surface area contributed by atoms with E-state index in [-0.39, 0.29) is 5.91 Å². The number of benzene rings is 1. The van der Waals surface area contributed by atoms with Crippen molar-refractivity contribution in [1.29, 1.82) is 0 Å². The third-order valence-electron chi connectivity index (χ3n) is 3.52. The number of carbonyl (C=O) groups excluding carboxylic acids is 2. The van der Waals surface area contributed by atoms with Crippen LogP contribution in [0.2, 0.25) is 0 Å². The monoisotopic (exact) mass is 443 g/mol. The Morgan fingerprint density at radius 3 is 2.91 bits per heavy atom. The van der Waals surface area contributed by atoms with Gasteiger partial charge in [-0.25, -0.2) is 9.78 Å². The molecule has 2 aromatic rings. The second kappa shape index (κ2) is 6.83. The molecule has 2 amide bonds. The van der Waals surface area contributed by atoms with Crippen LogP contribution in [0.4, 0.5) is 9.93 Å². The van der Waals surface area contributed by atoms with Gasteiger partial charge in [-0.1, -0.05) is 23.5 Å². The molecule has 8 heteroatoms. The van der Waals surface area contributed by atoms with Crippen molar-refractivity contribution >= 4 is 51.1 Å². The molecule has 2 heterocycles. The number of nitrogens with zero attached hydrogens (tertiary/aromatic N) is 2. The minimum atomic E-state index is -0.539. The van der Waals surface area contributed by atoms with Gasteiger partial charge in [-0.15, -0.1) is 0 Å². The molecule has 0 saturated heterocycles. The number of carbonyl (C=O) groups is 2. The summed E-state index contributed by atoms with van der Waals surface area (Å²) in [6.07, 6.45) is 0.145. The largest absolute Gasteiger partial charge is 0.453 e. The topological polar surface area (TPSA) is 71.5 Å². The molecular formula is C15H14IN3O3S. The summed E-state index contributed by atoms with van der Waals surface area (Å²) in [4.78, 5) is 31.1. The molecule has 1 aliphatic rings. The zero-order chi connectivity index (χ0) is 16.4. The van der Waals surface area contributed by atoms with E-state index in [4.69, 9.17) is 0 Å². The summed E-state index contributed by atoms with van der Waals surface area (Å²) >= 11 is 3.56. The number of ether oxygens (including phenoxy) is 1. The number of methoxy groups -OCH3 is 1. The number of hydrogen-bond acceptors (Lipinski definition) is 5. The summed E-state index contributed by atoms with van der Waals surface area (Å²) in [7, 11) is 1.31. The van der Waals surface area contributed by atoms with Gasteiger partial charge in [0.05, 0.1) is 24.9 Å². The van der Waals surface area contributed by atoms with Crippen molar-refractivity contribution in [2.75, 3.05) is 19.0 Å². The number of fused-ring (bicyclic) bond motifs is 1. The van der Waals surface area contributed by atoms with Crippen LogP contribution in [0.15, 0.2) is 24.3 Å². The van der Waals surface area contributed by atoms with Crippen LogP contribution in [0.1, 0.15) is 20.9 Å². The second-order valence-electron chi connectivity index (χ2n) is 4.96. The molecule has 3 rings (SSSR count). The lowest BCUT2D eigenvalue weighted by Gasteiger charge is -2.26. The third-order valence-corrected chi connectivity index (χ3v) is 5.46. The first kappa shape index (κ1) is 16.2. The molecule has 0 atom stereocenters. The highest BCUT2D eigenvalue weighted by Gasteiger charge is 2.26. The lowest BCUT2D eigenvalue weighted by Crippen LogP contribution is -2.35. The van der Waals surface area contributed by atoms with Crippen LogP contribution < -0.4 is 5.32 Å². The Bertz CT molecular complexity index is 762. The quantitative estimate of drug-likeness (QED) is 0.725. The summed E-state index contributed by atoms with van der Waals surface area (Å²) < 4.78 is 5.51. The van der Waals surface area contributed by atoms with E-state index in [9.17, 15) is 9.59 Å². The van der Waals surface area contributed by atoms with E-state index < -0.39 is 6.09 Å². The number of rotatable bonds is 2. The normalized spacial score (nSPS) is 13.4. The maximum Gasteiger partial charge on any atom is 0.413 e. The van der Waals surface area contributed by atoms with Gasteiger partial charge in [0, 0.05) is 21.4 Å². The summed E-state index contributed by atoms with van der Waals surface area (Å²) in [6.45, 7) is 1.14. The van der Waals surface area contributed by atoms with Gasteiger partial charge in [-0.05, 0) is 34.7 Å². The van der Waals surface area contributed by atoms with E-state index in [1.807, 2.05) is 29.2 Å². The number of hydrogen-bond donors (Lipinski definition) is 1. The highest BCUT2D eigenvalue weighted by Crippen LogP contribution is 2.29. The molecule has 0 fully saturated rings. The van der Waals surface area contributed by atoms with Gasteiger partial charge in [-0.3, -0.25) is 10.1 Å². The van der Waals surface area contributed by atoms with Gasteiger partial charge in [0.25, 0.3) is 5.91 Å². The van der Waals surface area contributed by atoms with E-state index in [0.29, 0.717) is 30.2 Å². The Hall–Kier alpha value is -1.68. The highest BCUT2D eigenvalue weighted by molar-refractivity contribution is 14.1. The van der Waals surface area contributed by atoms with Crippen LogP contribution in [-0.2, 0) is 17.7 Å². The zero-order valence-corrected chi connectivity index (χ0v) is 15.3. The number of thiazole rings is 1. The molecule has 1 aromatic heterocycles. The molecule has 1 aromatic carbocycles. The van der Waals surface area contributed by atoms with Gasteiger partial charge in [0.1, 0.15) is 0 Å². The average Bonchev–Trinajstić information content (AvgIpc) is 2.95. The molecule has 120 valence electrons. The van der Waals surface area contributed by atoms with Crippen molar-refractivity contribution < 1.29 is 14.3 Å². The van der Waals surface area contributed by atoms with Crippen LogP contribution in [0.3, 0.4) is 0 Å². The minimum Gasteiger partial charge on any atom is -0.453 e. The van der Waals surface area contributed by atoms with Gasteiger partial charge in [-0.2, -0.15) is 0 Å². The van der Waals surface area contributed by atoms with Crippen LogP contribution in [0.5, 0.6) is 0 Å². The van der Waals surface area contributed by atoms with E-state index in [1.165, 1.54) is 18.4 Å². The maximum absolute atomic E-state index is 12.7. The molecule has 0 saturated carbocycles.